The van der Waals surface area contributed by atoms with E-state index in [-0.39, 0.29) is 17.8 Å². The van der Waals surface area contributed by atoms with Gasteiger partial charge in [0.15, 0.2) is 0 Å². The average molecular weight is 332 g/mol. The molecule has 0 heterocycles. The molecule has 2 heteroatoms. The van der Waals surface area contributed by atoms with E-state index in [1.54, 1.807) is 0 Å². The van der Waals surface area contributed by atoms with Crippen molar-refractivity contribution < 1.29 is 0 Å². The summed E-state index contributed by atoms with van der Waals surface area (Å²) in [5.74, 6) is 6.32. The van der Waals surface area contributed by atoms with Gasteiger partial charge in [0, 0.05) is 18.5 Å². The van der Waals surface area contributed by atoms with E-state index in [1.807, 2.05) is 6.08 Å². The molecule has 0 aliphatic heterocycles. The standard InChI is InChI=1S/C21H29N.ClH/c1-17(2)20-13-11-12-19(18(20)3)16-22(7)15-10-8-9-14-21(4,5)6;/h8,10-13H,1,15-16H2,2-7H3;1H. The van der Waals surface area contributed by atoms with E-state index < -0.39 is 0 Å². The van der Waals surface area contributed by atoms with Crippen LogP contribution >= 0.6 is 12.4 Å². The minimum Gasteiger partial charge on any atom is -0.298 e. The summed E-state index contributed by atoms with van der Waals surface area (Å²) in [6, 6.07) is 6.45. The molecule has 0 spiro atoms. The zero-order chi connectivity index (χ0) is 16.8. The molecular weight excluding hydrogens is 302 g/mol. The maximum atomic E-state index is 4.06. The molecule has 0 aliphatic rings. The van der Waals surface area contributed by atoms with Crippen molar-refractivity contribution in [2.24, 2.45) is 5.41 Å². The number of hydrogen-bond donors (Lipinski definition) is 0. The Morgan fingerprint density at radius 3 is 2.52 bits per heavy atom. The highest BCUT2D eigenvalue weighted by Crippen LogP contribution is 2.21. The van der Waals surface area contributed by atoms with Gasteiger partial charge in [0.2, 0.25) is 0 Å². The van der Waals surface area contributed by atoms with Crippen molar-refractivity contribution in [1.29, 1.82) is 0 Å². The van der Waals surface area contributed by atoms with Gasteiger partial charge in [0.25, 0.3) is 0 Å². The van der Waals surface area contributed by atoms with Crippen molar-refractivity contribution in [3.05, 3.63) is 53.6 Å². The Kier molecular flexibility index (Phi) is 8.98. The summed E-state index contributed by atoms with van der Waals surface area (Å²) in [5, 5.41) is 0. The number of rotatable bonds is 5. The summed E-state index contributed by atoms with van der Waals surface area (Å²) in [7, 11) is 2.13. The van der Waals surface area contributed by atoms with Gasteiger partial charge in [-0.1, -0.05) is 48.3 Å². The van der Waals surface area contributed by atoms with E-state index in [0.29, 0.717) is 0 Å². The van der Waals surface area contributed by atoms with E-state index in [0.717, 1.165) is 18.7 Å². The van der Waals surface area contributed by atoms with E-state index in [2.05, 4.69) is 89.3 Å². The van der Waals surface area contributed by atoms with Crippen LogP contribution in [0.5, 0.6) is 0 Å². The van der Waals surface area contributed by atoms with E-state index >= 15 is 0 Å². The number of nitrogens with zero attached hydrogens (tertiary/aromatic N) is 1. The van der Waals surface area contributed by atoms with Crippen LogP contribution in [0.25, 0.3) is 5.57 Å². The fraction of sp³-hybridized carbons (Fsp3) is 0.429. The van der Waals surface area contributed by atoms with Crippen molar-refractivity contribution in [1.82, 2.24) is 4.90 Å². The Bertz CT molecular complexity index is 609. The number of likely N-dealkylation sites (N-methyl/N-ethyl adjacent to an activating group) is 1. The van der Waals surface area contributed by atoms with Crippen molar-refractivity contribution >= 4 is 18.0 Å². The molecular formula is C21H30ClN. The third-order valence-corrected chi connectivity index (χ3v) is 3.41. The van der Waals surface area contributed by atoms with Gasteiger partial charge in [0.1, 0.15) is 0 Å². The topological polar surface area (TPSA) is 3.24 Å². The van der Waals surface area contributed by atoms with Crippen LogP contribution in [0, 0.1) is 24.2 Å². The summed E-state index contributed by atoms with van der Waals surface area (Å²) in [6.07, 6.45) is 4.08. The third kappa shape index (κ3) is 8.07. The first-order valence-corrected chi connectivity index (χ1v) is 7.81. The molecule has 0 fully saturated rings. The molecule has 0 N–H and O–H groups in total. The number of allylic oxidation sites excluding steroid dienone is 2. The Hall–Kier alpha value is -1.49. The summed E-state index contributed by atoms with van der Waals surface area (Å²) in [5.41, 5.74) is 5.14. The molecule has 0 aliphatic carbocycles. The second-order valence-corrected chi connectivity index (χ2v) is 6.99. The van der Waals surface area contributed by atoms with Gasteiger partial charge in [-0.05, 0) is 64.4 Å². The lowest BCUT2D eigenvalue weighted by atomic mass is 9.98. The molecule has 1 aromatic carbocycles. The lowest BCUT2D eigenvalue weighted by Gasteiger charge is -2.18. The molecule has 0 unspecified atom stereocenters. The highest BCUT2D eigenvalue weighted by Gasteiger charge is 2.06. The molecule has 0 radical (unpaired) electrons. The van der Waals surface area contributed by atoms with Crippen molar-refractivity contribution in [2.45, 2.75) is 41.2 Å². The highest BCUT2D eigenvalue weighted by atomic mass is 35.5. The van der Waals surface area contributed by atoms with Crippen LogP contribution in [-0.2, 0) is 6.54 Å². The zero-order valence-electron chi connectivity index (χ0n) is 15.4. The second-order valence-electron chi connectivity index (χ2n) is 6.99. The third-order valence-electron chi connectivity index (χ3n) is 3.41. The van der Waals surface area contributed by atoms with Gasteiger partial charge in [-0.3, -0.25) is 4.90 Å². The van der Waals surface area contributed by atoms with Crippen LogP contribution in [0.2, 0.25) is 0 Å². The maximum absolute atomic E-state index is 4.06. The van der Waals surface area contributed by atoms with Gasteiger partial charge in [-0.2, -0.15) is 0 Å². The predicted molar refractivity (Wildman–Crippen MR) is 106 cm³/mol. The molecule has 0 amide bonds. The molecule has 0 saturated carbocycles. The smallest absolute Gasteiger partial charge is 0.0236 e. The first-order valence-electron chi connectivity index (χ1n) is 7.81. The Morgan fingerprint density at radius 1 is 1.30 bits per heavy atom. The van der Waals surface area contributed by atoms with Crippen molar-refractivity contribution in [2.75, 3.05) is 13.6 Å². The lowest BCUT2D eigenvalue weighted by molar-refractivity contribution is 0.362. The monoisotopic (exact) mass is 331 g/mol. The van der Waals surface area contributed by atoms with Crippen LogP contribution in [-0.4, -0.2) is 18.5 Å². The minimum atomic E-state index is 0. The second kappa shape index (κ2) is 9.60. The van der Waals surface area contributed by atoms with Gasteiger partial charge in [-0.15, -0.1) is 12.4 Å². The molecule has 0 atom stereocenters. The summed E-state index contributed by atoms with van der Waals surface area (Å²) in [6.45, 7) is 16.5. The van der Waals surface area contributed by atoms with E-state index in [9.17, 15) is 0 Å². The Labute approximate surface area is 148 Å². The van der Waals surface area contributed by atoms with E-state index in [4.69, 9.17) is 0 Å². The van der Waals surface area contributed by atoms with Crippen molar-refractivity contribution in [3.8, 4) is 11.8 Å². The first kappa shape index (κ1) is 21.5. The molecule has 0 bridgehead atoms. The molecule has 1 rings (SSSR count). The van der Waals surface area contributed by atoms with Gasteiger partial charge < -0.3 is 0 Å². The number of halogens is 1. The minimum absolute atomic E-state index is 0. The van der Waals surface area contributed by atoms with Crippen LogP contribution in [0.1, 0.15) is 44.4 Å². The van der Waals surface area contributed by atoms with Gasteiger partial charge >= 0.3 is 0 Å². The molecule has 126 valence electrons. The Morgan fingerprint density at radius 2 is 1.96 bits per heavy atom. The van der Waals surface area contributed by atoms with Crippen molar-refractivity contribution in [3.63, 3.8) is 0 Å². The zero-order valence-corrected chi connectivity index (χ0v) is 16.2. The fourth-order valence-electron chi connectivity index (χ4n) is 2.22. The molecule has 23 heavy (non-hydrogen) atoms. The lowest BCUT2D eigenvalue weighted by Crippen LogP contribution is -2.18. The SMILES string of the molecule is C=C(C)c1cccc(CN(C)CC=CC#CC(C)(C)C)c1C.Cl. The fourth-order valence-corrected chi connectivity index (χ4v) is 2.22. The largest absolute Gasteiger partial charge is 0.298 e. The van der Waals surface area contributed by atoms with Gasteiger partial charge in [-0.25, -0.2) is 0 Å². The summed E-state index contributed by atoms with van der Waals surface area (Å²) in [4.78, 5) is 2.29. The highest BCUT2D eigenvalue weighted by molar-refractivity contribution is 5.85. The first-order chi connectivity index (χ1) is 10.2. The van der Waals surface area contributed by atoms with Crippen LogP contribution in [0.3, 0.4) is 0 Å². The molecule has 0 saturated heterocycles. The maximum Gasteiger partial charge on any atom is 0.0236 e. The normalized spacial score (nSPS) is 11.1. The molecule has 0 aromatic heterocycles. The average Bonchev–Trinajstić information content (AvgIpc) is 2.39. The molecule has 1 aromatic rings. The quantitative estimate of drug-likeness (QED) is 0.645. The molecule has 1 nitrogen and oxygen atoms in total. The van der Waals surface area contributed by atoms with Crippen LogP contribution in [0.4, 0.5) is 0 Å². The van der Waals surface area contributed by atoms with Gasteiger partial charge in [0.05, 0.1) is 0 Å². The predicted octanol–water partition coefficient (Wildman–Crippen LogP) is 5.49. The van der Waals surface area contributed by atoms with Crippen LogP contribution < -0.4 is 0 Å². The number of hydrogen-bond acceptors (Lipinski definition) is 1. The summed E-state index contributed by atoms with van der Waals surface area (Å²) < 4.78 is 0. The summed E-state index contributed by atoms with van der Waals surface area (Å²) >= 11 is 0. The Balaban J connectivity index is 0.00000484. The van der Waals surface area contributed by atoms with E-state index in [1.165, 1.54) is 16.7 Å². The number of benzene rings is 1. The van der Waals surface area contributed by atoms with Crippen LogP contribution in [0.15, 0.2) is 36.9 Å².